The third-order valence-electron chi connectivity index (χ3n) is 3.00. The zero-order valence-corrected chi connectivity index (χ0v) is 9.56. The van der Waals surface area contributed by atoms with Crippen LogP contribution in [-0.4, -0.2) is 33.6 Å². The van der Waals surface area contributed by atoms with Crippen LogP contribution in [0.1, 0.15) is 32.0 Å². The molecule has 1 atom stereocenters. The summed E-state index contributed by atoms with van der Waals surface area (Å²) in [7, 11) is 0. The number of imidazole rings is 1. The molecule has 84 valence electrons. The van der Waals surface area contributed by atoms with Crippen molar-refractivity contribution in [3.8, 4) is 0 Å². The van der Waals surface area contributed by atoms with Gasteiger partial charge in [-0.25, -0.2) is 4.98 Å². The molecule has 2 heterocycles. The van der Waals surface area contributed by atoms with E-state index < -0.39 is 0 Å². The summed E-state index contributed by atoms with van der Waals surface area (Å²) in [5, 5.41) is 0. The van der Waals surface area contributed by atoms with E-state index in [1.807, 2.05) is 12.5 Å². The van der Waals surface area contributed by atoms with Crippen molar-refractivity contribution in [2.75, 3.05) is 13.1 Å². The molecule has 4 nitrogen and oxygen atoms in total. The molecule has 2 N–H and O–H groups in total. The van der Waals surface area contributed by atoms with Crippen molar-refractivity contribution in [1.29, 1.82) is 0 Å². The molecule has 1 saturated heterocycles. The molecule has 4 heteroatoms. The Labute approximate surface area is 91.1 Å². The van der Waals surface area contributed by atoms with Crippen LogP contribution in [0.4, 0.5) is 0 Å². The topological polar surface area (TPSA) is 47.1 Å². The van der Waals surface area contributed by atoms with Crippen LogP contribution in [0.15, 0.2) is 12.5 Å². The SMILES string of the molecule is CC(C)n1cncc1CN1CC[C@@H](N)C1. The van der Waals surface area contributed by atoms with Crippen LogP contribution >= 0.6 is 0 Å². The molecule has 0 unspecified atom stereocenters. The first kappa shape index (κ1) is 10.6. The lowest BCUT2D eigenvalue weighted by Crippen LogP contribution is -2.27. The Morgan fingerprint density at radius 2 is 2.40 bits per heavy atom. The van der Waals surface area contributed by atoms with Gasteiger partial charge in [-0.2, -0.15) is 0 Å². The lowest BCUT2D eigenvalue weighted by atomic mass is 10.3. The van der Waals surface area contributed by atoms with Crippen LogP contribution in [0.25, 0.3) is 0 Å². The van der Waals surface area contributed by atoms with E-state index in [0.29, 0.717) is 12.1 Å². The summed E-state index contributed by atoms with van der Waals surface area (Å²) in [5.74, 6) is 0. The fourth-order valence-electron chi connectivity index (χ4n) is 2.15. The van der Waals surface area contributed by atoms with E-state index in [1.165, 1.54) is 5.69 Å². The molecule has 0 bridgehead atoms. The Morgan fingerprint density at radius 1 is 1.60 bits per heavy atom. The van der Waals surface area contributed by atoms with Gasteiger partial charge in [-0.3, -0.25) is 4.90 Å². The standard InChI is InChI=1S/C11H20N4/c1-9(2)15-8-13-5-11(15)7-14-4-3-10(12)6-14/h5,8-10H,3-4,6-7,12H2,1-2H3/t10-/m1/s1. The van der Waals surface area contributed by atoms with Crippen molar-refractivity contribution in [2.45, 2.75) is 38.9 Å². The Kier molecular flexibility index (Phi) is 3.07. The monoisotopic (exact) mass is 208 g/mol. The lowest BCUT2D eigenvalue weighted by Gasteiger charge is -2.18. The van der Waals surface area contributed by atoms with Crippen molar-refractivity contribution in [2.24, 2.45) is 5.73 Å². The second-order valence-corrected chi connectivity index (χ2v) is 4.67. The van der Waals surface area contributed by atoms with Crippen LogP contribution in [-0.2, 0) is 6.54 Å². The second kappa shape index (κ2) is 4.33. The molecule has 0 amide bonds. The van der Waals surface area contributed by atoms with Crippen molar-refractivity contribution in [1.82, 2.24) is 14.5 Å². The molecule has 0 radical (unpaired) electrons. The maximum Gasteiger partial charge on any atom is 0.0951 e. The van der Waals surface area contributed by atoms with Crippen LogP contribution in [0.5, 0.6) is 0 Å². The highest BCUT2D eigenvalue weighted by Crippen LogP contribution is 2.14. The number of rotatable bonds is 3. The molecule has 1 aromatic rings. The van der Waals surface area contributed by atoms with Gasteiger partial charge < -0.3 is 10.3 Å². The maximum absolute atomic E-state index is 5.89. The molecule has 0 spiro atoms. The van der Waals surface area contributed by atoms with Gasteiger partial charge in [0.05, 0.1) is 12.0 Å². The molecule has 0 aliphatic carbocycles. The minimum Gasteiger partial charge on any atom is -0.331 e. The van der Waals surface area contributed by atoms with Crippen molar-refractivity contribution in [3.63, 3.8) is 0 Å². The Balaban J connectivity index is 2.01. The van der Waals surface area contributed by atoms with E-state index >= 15 is 0 Å². The third kappa shape index (κ3) is 2.38. The van der Waals surface area contributed by atoms with E-state index in [0.717, 1.165) is 26.1 Å². The molecule has 1 fully saturated rings. The zero-order chi connectivity index (χ0) is 10.8. The molecule has 0 saturated carbocycles. The van der Waals surface area contributed by atoms with Crippen molar-refractivity contribution in [3.05, 3.63) is 18.2 Å². The fourth-order valence-corrected chi connectivity index (χ4v) is 2.15. The van der Waals surface area contributed by atoms with E-state index in [1.54, 1.807) is 0 Å². The number of aromatic nitrogens is 2. The fraction of sp³-hybridized carbons (Fsp3) is 0.727. The van der Waals surface area contributed by atoms with Gasteiger partial charge in [-0.05, 0) is 20.3 Å². The van der Waals surface area contributed by atoms with Crippen molar-refractivity contribution < 1.29 is 0 Å². The predicted octanol–water partition coefficient (Wildman–Crippen LogP) is 0.997. The minimum atomic E-state index is 0.362. The molecular weight excluding hydrogens is 188 g/mol. The van der Waals surface area contributed by atoms with E-state index in [2.05, 4.69) is 28.3 Å². The van der Waals surface area contributed by atoms with Crippen LogP contribution in [0.3, 0.4) is 0 Å². The molecule has 15 heavy (non-hydrogen) atoms. The van der Waals surface area contributed by atoms with Crippen LogP contribution < -0.4 is 5.73 Å². The largest absolute Gasteiger partial charge is 0.331 e. The minimum absolute atomic E-state index is 0.362. The van der Waals surface area contributed by atoms with Gasteiger partial charge in [-0.15, -0.1) is 0 Å². The highest BCUT2D eigenvalue weighted by Gasteiger charge is 2.20. The normalized spacial score (nSPS) is 22.8. The Bertz CT molecular complexity index is 318. The van der Waals surface area contributed by atoms with Gasteiger partial charge in [0, 0.05) is 37.9 Å². The summed E-state index contributed by atoms with van der Waals surface area (Å²) in [5.41, 5.74) is 7.18. The predicted molar refractivity (Wildman–Crippen MR) is 60.5 cm³/mol. The molecule has 1 aliphatic heterocycles. The molecular formula is C11H20N4. The summed E-state index contributed by atoms with van der Waals surface area (Å²) < 4.78 is 2.23. The van der Waals surface area contributed by atoms with Gasteiger partial charge in [0.25, 0.3) is 0 Å². The highest BCUT2D eigenvalue weighted by molar-refractivity contribution is 5.00. The first-order chi connectivity index (χ1) is 7.16. The number of likely N-dealkylation sites (tertiary alicyclic amines) is 1. The van der Waals surface area contributed by atoms with Crippen LogP contribution in [0.2, 0.25) is 0 Å². The first-order valence-electron chi connectivity index (χ1n) is 5.65. The number of nitrogens with two attached hydrogens (primary N) is 1. The zero-order valence-electron chi connectivity index (χ0n) is 9.56. The van der Waals surface area contributed by atoms with Gasteiger partial charge in [0.2, 0.25) is 0 Å². The summed E-state index contributed by atoms with van der Waals surface area (Å²) in [6, 6.07) is 0.846. The number of nitrogens with zero attached hydrogens (tertiary/aromatic N) is 3. The average molecular weight is 208 g/mol. The average Bonchev–Trinajstić information content (AvgIpc) is 2.75. The van der Waals surface area contributed by atoms with E-state index in [4.69, 9.17) is 5.73 Å². The van der Waals surface area contributed by atoms with Gasteiger partial charge in [0.15, 0.2) is 0 Å². The number of hydrogen-bond acceptors (Lipinski definition) is 3. The van der Waals surface area contributed by atoms with Crippen LogP contribution in [0, 0.1) is 0 Å². The van der Waals surface area contributed by atoms with Gasteiger partial charge >= 0.3 is 0 Å². The third-order valence-corrected chi connectivity index (χ3v) is 3.00. The first-order valence-corrected chi connectivity index (χ1v) is 5.65. The molecule has 1 aromatic heterocycles. The van der Waals surface area contributed by atoms with Gasteiger partial charge in [0.1, 0.15) is 0 Å². The molecule has 0 aromatic carbocycles. The summed E-state index contributed by atoms with van der Waals surface area (Å²) in [6.45, 7) is 7.47. The quantitative estimate of drug-likeness (QED) is 0.806. The highest BCUT2D eigenvalue weighted by atomic mass is 15.2. The smallest absolute Gasteiger partial charge is 0.0951 e. The number of hydrogen-bond donors (Lipinski definition) is 1. The molecule has 1 aliphatic rings. The Morgan fingerprint density at radius 3 is 3.00 bits per heavy atom. The maximum atomic E-state index is 5.89. The molecule has 2 rings (SSSR count). The van der Waals surface area contributed by atoms with Crippen molar-refractivity contribution >= 4 is 0 Å². The van der Waals surface area contributed by atoms with Gasteiger partial charge in [-0.1, -0.05) is 0 Å². The summed E-state index contributed by atoms with van der Waals surface area (Å²) in [6.07, 6.45) is 5.00. The Hall–Kier alpha value is -0.870. The summed E-state index contributed by atoms with van der Waals surface area (Å²) >= 11 is 0. The van der Waals surface area contributed by atoms with E-state index in [-0.39, 0.29) is 0 Å². The second-order valence-electron chi connectivity index (χ2n) is 4.67. The van der Waals surface area contributed by atoms with E-state index in [9.17, 15) is 0 Å². The lowest BCUT2D eigenvalue weighted by molar-refractivity contribution is 0.314. The summed E-state index contributed by atoms with van der Waals surface area (Å²) in [4.78, 5) is 6.61.